The highest BCUT2D eigenvalue weighted by Gasteiger charge is 2.33. The summed E-state index contributed by atoms with van der Waals surface area (Å²) in [5, 5.41) is 0. The Hall–Kier alpha value is -2.17. The summed E-state index contributed by atoms with van der Waals surface area (Å²) in [5.41, 5.74) is 1.16. The summed E-state index contributed by atoms with van der Waals surface area (Å²) < 4.78 is 17.3. The van der Waals surface area contributed by atoms with Gasteiger partial charge in [-0.15, -0.1) is 0 Å². The summed E-state index contributed by atoms with van der Waals surface area (Å²) in [4.78, 5) is 11.3. The van der Waals surface area contributed by atoms with Gasteiger partial charge < -0.3 is 14.2 Å². The quantitative estimate of drug-likeness (QED) is 0.580. The highest BCUT2D eigenvalue weighted by atomic mass is 16.7. The Morgan fingerprint density at radius 1 is 1.12 bits per heavy atom. The number of cyclic esters (lactones) is 1. The van der Waals surface area contributed by atoms with Gasteiger partial charge in [-0.1, -0.05) is 54.6 Å². The number of benzene rings is 1. The number of carbonyl (C=O) groups excluding carboxylic acids is 1. The van der Waals surface area contributed by atoms with Crippen LogP contribution >= 0.6 is 0 Å². The monoisotopic (exact) mass is 354 g/mol. The van der Waals surface area contributed by atoms with Gasteiger partial charge >= 0.3 is 5.97 Å². The van der Waals surface area contributed by atoms with Gasteiger partial charge in [0.05, 0.1) is 12.2 Å². The minimum atomic E-state index is -0.623. The van der Waals surface area contributed by atoms with Gasteiger partial charge in [-0.25, -0.2) is 4.79 Å². The van der Waals surface area contributed by atoms with E-state index in [2.05, 4.69) is 24.3 Å². The highest BCUT2D eigenvalue weighted by molar-refractivity contribution is 5.82. The third-order valence-electron chi connectivity index (χ3n) is 4.32. The molecule has 1 fully saturated rings. The first-order valence-corrected chi connectivity index (χ1v) is 9.13. The molecule has 4 heteroatoms. The van der Waals surface area contributed by atoms with Crippen molar-refractivity contribution in [1.82, 2.24) is 0 Å². The highest BCUT2D eigenvalue weighted by Crippen LogP contribution is 2.29. The van der Waals surface area contributed by atoms with E-state index in [1.54, 1.807) is 0 Å². The van der Waals surface area contributed by atoms with E-state index < -0.39 is 5.79 Å². The molecule has 0 unspecified atom stereocenters. The molecule has 1 saturated heterocycles. The molecule has 3 atom stereocenters. The van der Waals surface area contributed by atoms with E-state index >= 15 is 0 Å². The number of carbonyl (C=O) groups is 1. The van der Waals surface area contributed by atoms with Crippen molar-refractivity contribution in [2.24, 2.45) is 0 Å². The Morgan fingerprint density at radius 2 is 1.92 bits per heavy atom. The second-order valence-corrected chi connectivity index (χ2v) is 7.08. The molecule has 0 saturated carbocycles. The van der Waals surface area contributed by atoms with Gasteiger partial charge in [0, 0.05) is 18.9 Å². The smallest absolute Gasteiger partial charge is 0.331 e. The summed E-state index contributed by atoms with van der Waals surface area (Å²) in [6, 6.07) is 10.2. The lowest BCUT2D eigenvalue weighted by molar-refractivity contribution is -0.289. The molecule has 2 heterocycles. The van der Waals surface area contributed by atoms with E-state index in [-0.39, 0.29) is 24.3 Å². The van der Waals surface area contributed by atoms with Gasteiger partial charge in [0.25, 0.3) is 0 Å². The van der Waals surface area contributed by atoms with Gasteiger partial charge in [-0.2, -0.15) is 0 Å². The molecule has 1 aromatic rings. The molecule has 0 spiro atoms. The van der Waals surface area contributed by atoms with Crippen LogP contribution < -0.4 is 0 Å². The van der Waals surface area contributed by atoms with E-state index in [1.807, 2.05) is 50.3 Å². The maximum atomic E-state index is 11.3. The second kappa shape index (κ2) is 8.47. The maximum absolute atomic E-state index is 11.3. The Bertz CT molecular complexity index is 687. The molecular formula is C22H26O4. The summed E-state index contributed by atoms with van der Waals surface area (Å²) in [6.07, 6.45) is 13.7. The molecule has 0 amide bonds. The minimum absolute atomic E-state index is 0.00722. The molecule has 0 aliphatic carbocycles. The SMILES string of the molecule is CC1(C)O[C@H](C/C=C/[C@H]2CC=CC(=O)O2)C[C@@H](/C=C/c2ccccc2)O1. The third-order valence-corrected chi connectivity index (χ3v) is 4.32. The topological polar surface area (TPSA) is 44.8 Å². The molecule has 0 bridgehead atoms. The van der Waals surface area contributed by atoms with Crippen LogP contribution in [0.1, 0.15) is 38.7 Å². The predicted molar refractivity (Wildman–Crippen MR) is 101 cm³/mol. The van der Waals surface area contributed by atoms with E-state index in [0.717, 1.165) is 24.8 Å². The first kappa shape index (κ1) is 18.6. The maximum Gasteiger partial charge on any atom is 0.331 e. The summed E-state index contributed by atoms with van der Waals surface area (Å²) in [6.45, 7) is 3.89. The van der Waals surface area contributed by atoms with Crippen molar-refractivity contribution >= 4 is 12.0 Å². The standard InChI is InChI=1S/C22H26O4/c1-22(2)25-19(12-6-10-18-11-7-13-21(23)24-18)16-20(26-22)15-14-17-8-4-3-5-9-17/h3-10,13-15,18-20H,11-12,16H2,1-2H3/b10-6+,15-14+/t18-,19+,20+/m0/s1. The Kier molecular flexibility index (Phi) is 6.07. The van der Waals surface area contributed by atoms with Crippen LogP contribution in [-0.2, 0) is 19.0 Å². The Balaban J connectivity index is 1.56. The summed E-state index contributed by atoms with van der Waals surface area (Å²) >= 11 is 0. The zero-order valence-corrected chi connectivity index (χ0v) is 15.3. The number of hydrogen-bond acceptors (Lipinski definition) is 4. The van der Waals surface area contributed by atoms with Gasteiger partial charge in [-0.3, -0.25) is 0 Å². The van der Waals surface area contributed by atoms with E-state index in [0.29, 0.717) is 0 Å². The fourth-order valence-corrected chi connectivity index (χ4v) is 3.23. The van der Waals surface area contributed by atoms with Crippen molar-refractivity contribution in [3.63, 3.8) is 0 Å². The van der Waals surface area contributed by atoms with Crippen LogP contribution in [0.25, 0.3) is 6.08 Å². The largest absolute Gasteiger partial charge is 0.455 e. The lowest BCUT2D eigenvalue weighted by Crippen LogP contribution is -2.43. The van der Waals surface area contributed by atoms with Crippen LogP contribution in [-0.4, -0.2) is 30.1 Å². The van der Waals surface area contributed by atoms with Gasteiger partial charge in [0.1, 0.15) is 6.10 Å². The van der Waals surface area contributed by atoms with Crippen molar-refractivity contribution in [3.8, 4) is 0 Å². The zero-order valence-electron chi connectivity index (χ0n) is 15.3. The molecule has 138 valence electrons. The van der Waals surface area contributed by atoms with Crippen molar-refractivity contribution in [2.75, 3.05) is 0 Å². The fraction of sp³-hybridized carbons (Fsp3) is 0.409. The van der Waals surface area contributed by atoms with Crippen molar-refractivity contribution in [2.45, 2.75) is 57.2 Å². The molecule has 0 radical (unpaired) electrons. The molecule has 4 nitrogen and oxygen atoms in total. The minimum Gasteiger partial charge on any atom is -0.455 e. The van der Waals surface area contributed by atoms with Crippen LogP contribution in [0.4, 0.5) is 0 Å². The first-order chi connectivity index (χ1) is 12.5. The Labute approximate surface area is 155 Å². The van der Waals surface area contributed by atoms with E-state index in [9.17, 15) is 4.79 Å². The van der Waals surface area contributed by atoms with Crippen LogP contribution in [0.5, 0.6) is 0 Å². The van der Waals surface area contributed by atoms with Crippen LogP contribution in [0.15, 0.2) is 60.7 Å². The number of ether oxygens (including phenoxy) is 3. The molecule has 0 N–H and O–H groups in total. The van der Waals surface area contributed by atoms with E-state index in [1.165, 1.54) is 6.08 Å². The molecule has 26 heavy (non-hydrogen) atoms. The fourth-order valence-electron chi connectivity index (χ4n) is 3.23. The summed E-state index contributed by atoms with van der Waals surface area (Å²) in [7, 11) is 0. The first-order valence-electron chi connectivity index (χ1n) is 9.13. The van der Waals surface area contributed by atoms with Crippen molar-refractivity contribution in [3.05, 3.63) is 66.3 Å². The number of esters is 1. The van der Waals surface area contributed by atoms with Gasteiger partial charge in [0.15, 0.2) is 5.79 Å². The van der Waals surface area contributed by atoms with Gasteiger partial charge in [0.2, 0.25) is 0 Å². The van der Waals surface area contributed by atoms with Crippen LogP contribution in [0, 0.1) is 0 Å². The molecule has 1 aromatic carbocycles. The van der Waals surface area contributed by atoms with Gasteiger partial charge in [-0.05, 0) is 31.9 Å². The average Bonchev–Trinajstić information content (AvgIpc) is 2.60. The molecular weight excluding hydrogens is 328 g/mol. The van der Waals surface area contributed by atoms with Crippen molar-refractivity contribution < 1.29 is 19.0 Å². The summed E-state index contributed by atoms with van der Waals surface area (Å²) in [5.74, 6) is -0.900. The second-order valence-electron chi connectivity index (χ2n) is 7.08. The molecule has 0 aromatic heterocycles. The molecule has 3 rings (SSSR count). The molecule has 2 aliphatic rings. The zero-order chi connectivity index (χ0) is 18.4. The van der Waals surface area contributed by atoms with Crippen molar-refractivity contribution in [1.29, 1.82) is 0 Å². The average molecular weight is 354 g/mol. The number of hydrogen-bond donors (Lipinski definition) is 0. The normalized spacial score (nSPS) is 28.5. The lowest BCUT2D eigenvalue weighted by Gasteiger charge is -2.39. The van der Waals surface area contributed by atoms with Crippen LogP contribution in [0.2, 0.25) is 0 Å². The third kappa shape index (κ3) is 5.68. The lowest BCUT2D eigenvalue weighted by atomic mass is 10.0. The van der Waals surface area contributed by atoms with Crippen LogP contribution in [0.3, 0.4) is 0 Å². The van der Waals surface area contributed by atoms with E-state index in [4.69, 9.17) is 14.2 Å². The number of rotatable bonds is 5. The molecule has 2 aliphatic heterocycles. The Morgan fingerprint density at radius 3 is 2.69 bits per heavy atom. The predicted octanol–water partition coefficient (Wildman–Crippen LogP) is 4.43.